The highest BCUT2D eigenvalue weighted by atomic mass is 32.2. The lowest BCUT2D eigenvalue weighted by atomic mass is 10.1. The van der Waals surface area contributed by atoms with E-state index in [-0.39, 0.29) is 12.4 Å². The molecule has 1 N–H and O–H groups in total. The standard InChI is InChI=1S/C17H18F2N2O3S/c1-11-5-12(2)7-15(6-11)23-9-16(22)21-20-8-13-3-4-14(24-13)10-25-17(18)19/h3-8,17H,9-10H2,1-2H3,(H,21,22)/b20-8-. The summed E-state index contributed by atoms with van der Waals surface area (Å²) in [6.45, 7) is 3.72. The third kappa shape index (κ3) is 6.96. The molecule has 0 aliphatic heterocycles. The van der Waals surface area contributed by atoms with Gasteiger partial charge in [0.05, 0.1) is 12.0 Å². The normalized spacial score (nSPS) is 11.2. The van der Waals surface area contributed by atoms with Crippen LogP contribution in [0.2, 0.25) is 0 Å². The van der Waals surface area contributed by atoms with Gasteiger partial charge in [0.15, 0.2) is 6.61 Å². The van der Waals surface area contributed by atoms with Gasteiger partial charge in [-0.3, -0.25) is 4.79 Å². The number of benzene rings is 1. The second-order valence-electron chi connectivity index (χ2n) is 5.28. The monoisotopic (exact) mass is 368 g/mol. The number of furan rings is 1. The van der Waals surface area contributed by atoms with Crippen molar-refractivity contribution < 1.29 is 22.7 Å². The Balaban J connectivity index is 1.76. The van der Waals surface area contributed by atoms with Gasteiger partial charge < -0.3 is 9.15 Å². The Morgan fingerprint density at radius 2 is 2.04 bits per heavy atom. The van der Waals surface area contributed by atoms with Crippen molar-refractivity contribution in [3.8, 4) is 5.75 Å². The lowest BCUT2D eigenvalue weighted by Crippen LogP contribution is -2.24. The van der Waals surface area contributed by atoms with Gasteiger partial charge in [-0.25, -0.2) is 5.43 Å². The average molecular weight is 368 g/mol. The summed E-state index contributed by atoms with van der Waals surface area (Å²) in [7, 11) is 0. The first-order chi connectivity index (χ1) is 11.9. The first kappa shape index (κ1) is 19.0. The highest BCUT2D eigenvalue weighted by Crippen LogP contribution is 2.20. The molecule has 0 atom stereocenters. The SMILES string of the molecule is Cc1cc(C)cc(OCC(=O)N/N=C\c2ccc(CSC(F)F)o2)c1. The molecule has 1 aromatic heterocycles. The fourth-order valence-corrected chi connectivity index (χ4v) is 2.50. The number of carbonyl (C=O) groups excluding carboxylic acids is 1. The van der Waals surface area contributed by atoms with Gasteiger partial charge in [0.25, 0.3) is 11.7 Å². The number of carbonyl (C=O) groups is 1. The second kappa shape index (κ2) is 9.22. The van der Waals surface area contributed by atoms with Crippen molar-refractivity contribution in [2.24, 2.45) is 5.10 Å². The van der Waals surface area contributed by atoms with E-state index in [1.54, 1.807) is 12.1 Å². The Hall–Kier alpha value is -2.35. The quantitative estimate of drug-likeness (QED) is 0.567. The summed E-state index contributed by atoms with van der Waals surface area (Å²) in [6, 6.07) is 8.86. The van der Waals surface area contributed by atoms with Crippen LogP contribution in [0.1, 0.15) is 22.6 Å². The molecule has 2 rings (SSSR count). The molecule has 0 radical (unpaired) electrons. The predicted molar refractivity (Wildman–Crippen MR) is 93.2 cm³/mol. The number of rotatable bonds is 8. The highest BCUT2D eigenvalue weighted by Gasteiger charge is 2.07. The van der Waals surface area contributed by atoms with E-state index in [9.17, 15) is 13.6 Å². The van der Waals surface area contributed by atoms with E-state index in [1.165, 1.54) is 6.21 Å². The smallest absolute Gasteiger partial charge is 0.284 e. The van der Waals surface area contributed by atoms with Gasteiger partial charge in [0.2, 0.25) is 0 Å². The molecule has 2 aromatic rings. The summed E-state index contributed by atoms with van der Waals surface area (Å²) in [6.07, 6.45) is 1.30. The Bertz CT molecular complexity index is 727. The Morgan fingerprint density at radius 1 is 1.32 bits per heavy atom. The lowest BCUT2D eigenvalue weighted by molar-refractivity contribution is -0.123. The van der Waals surface area contributed by atoms with E-state index < -0.39 is 11.7 Å². The van der Waals surface area contributed by atoms with Crippen LogP contribution < -0.4 is 10.2 Å². The zero-order chi connectivity index (χ0) is 18.2. The minimum atomic E-state index is -2.45. The van der Waals surface area contributed by atoms with E-state index in [4.69, 9.17) is 9.15 Å². The first-order valence-electron chi connectivity index (χ1n) is 7.44. The number of nitrogens with zero attached hydrogens (tertiary/aromatic N) is 1. The molecule has 134 valence electrons. The van der Waals surface area contributed by atoms with Crippen molar-refractivity contribution in [2.45, 2.75) is 25.4 Å². The van der Waals surface area contributed by atoms with E-state index in [0.29, 0.717) is 29.0 Å². The van der Waals surface area contributed by atoms with Gasteiger partial charge in [-0.05, 0) is 49.2 Å². The number of aryl methyl sites for hydroxylation is 2. The molecular weight excluding hydrogens is 350 g/mol. The van der Waals surface area contributed by atoms with Gasteiger partial charge in [-0.15, -0.1) is 0 Å². The molecule has 0 saturated heterocycles. The number of hydrazone groups is 1. The summed E-state index contributed by atoms with van der Waals surface area (Å²) in [5, 5.41) is 3.74. The van der Waals surface area contributed by atoms with Crippen LogP contribution >= 0.6 is 11.8 Å². The molecule has 0 aliphatic carbocycles. The van der Waals surface area contributed by atoms with Crippen LogP contribution in [0.25, 0.3) is 0 Å². The molecule has 1 heterocycles. The van der Waals surface area contributed by atoms with Crippen LogP contribution in [-0.4, -0.2) is 24.5 Å². The lowest BCUT2D eigenvalue weighted by Gasteiger charge is -2.07. The van der Waals surface area contributed by atoms with Crippen molar-refractivity contribution in [3.63, 3.8) is 0 Å². The van der Waals surface area contributed by atoms with E-state index >= 15 is 0 Å². The molecular formula is C17H18F2N2O3S. The maximum Gasteiger partial charge on any atom is 0.284 e. The number of ether oxygens (including phenoxy) is 1. The van der Waals surface area contributed by atoms with Crippen molar-refractivity contribution in [2.75, 3.05) is 6.61 Å². The maximum absolute atomic E-state index is 12.1. The summed E-state index contributed by atoms with van der Waals surface area (Å²) in [5.41, 5.74) is 4.41. The summed E-state index contributed by atoms with van der Waals surface area (Å²) >= 11 is 0.475. The molecule has 1 amide bonds. The molecule has 0 saturated carbocycles. The van der Waals surface area contributed by atoms with Crippen LogP contribution in [0.4, 0.5) is 8.78 Å². The number of nitrogens with one attached hydrogen (secondary N) is 1. The van der Waals surface area contributed by atoms with Gasteiger partial charge in [0.1, 0.15) is 17.3 Å². The van der Waals surface area contributed by atoms with E-state index in [0.717, 1.165) is 11.1 Å². The van der Waals surface area contributed by atoms with Gasteiger partial charge in [-0.2, -0.15) is 13.9 Å². The third-order valence-corrected chi connectivity index (χ3v) is 3.68. The van der Waals surface area contributed by atoms with Crippen molar-refractivity contribution in [3.05, 3.63) is 53.0 Å². The largest absolute Gasteiger partial charge is 0.484 e. The van der Waals surface area contributed by atoms with E-state index in [1.807, 2.05) is 32.0 Å². The summed E-state index contributed by atoms with van der Waals surface area (Å²) in [4.78, 5) is 11.7. The fraction of sp³-hybridized carbons (Fsp3) is 0.294. The third-order valence-electron chi connectivity index (χ3n) is 2.98. The molecule has 0 spiro atoms. The second-order valence-corrected chi connectivity index (χ2v) is 6.26. The zero-order valence-electron chi connectivity index (χ0n) is 13.8. The Kier molecular flexibility index (Phi) is 7.00. The van der Waals surface area contributed by atoms with Crippen molar-refractivity contribution >= 4 is 23.9 Å². The molecule has 0 bridgehead atoms. The first-order valence-corrected chi connectivity index (χ1v) is 8.49. The van der Waals surface area contributed by atoms with Crippen LogP contribution in [0.5, 0.6) is 5.75 Å². The molecule has 0 fully saturated rings. The summed E-state index contributed by atoms with van der Waals surface area (Å²) < 4.78 is 34.9. The number of halogens is 2. The minimum Gasteiger partial charge on any atom is -0.484 e. The van der Waals surface area contributed by atoms with Gasteiger partial charge in [0, 0.05) is 0 Å². The molecule has 0 aliphatic rings. The maximum atomic E-state index is 12.1. The minimum absolute atomic E-state index is 0.0710. The number of hydrogen-bond acceptors (Lipinski definition) is 5. The Labute approximate surface area is 148 Å². The Morgan fingerprint density at radius 3 is 2.72 bits per heavy atom. The van der Waals surface area contributed by atoms with Crippen LogP contribution in [-0.2, 0) is 10.5 Å². The van der Waals surface area contributed by atoms with Crippen molar-refractivity contribution in [1.29, 1.82) is 0 Å². The summed E-state index contributed by atoms with van der Waals surface area (Å²) in [5.74, 6) is -1.41. The molecule has 25 heavy (non-hydrogen) atoms. The van der Waals surface area contributed by atoms with Gasteiger partial charge in [-0.1, -0.05) is 17.8 Å². The van der Waals surface area contributed by atoms with E-state index in [2.05, 4.69) is 10.5 Å². The number of alkyl halides is 2. The predicted octanol–water partition coefficient (Wildman–Crippen LogP) is 3.88. The highest BCUT2D eigenvalue weighted by molar-refractivity contribution is 7.98. The zero-order valence-corrected chi connectivity index (χ0v) is 14.6. The van der Waals surface area contributed by atoms with Crippen LogP contribution in [0.3, 0.4) is 0 Å². The fourth-order valence-electron chi connectivity index (χ4n) is 2.05. The average Bonchev–Trinajstić information content (AvgIpc) is 2.98. The molecule has 0 unspecified atom stereocenters. The van der Waals surface area contributed by atoms with Crippen molar-refractivity contribution in [1.82, 2.24) is 5.43 Å². The van der Waals surface area contributed by atoms with Crippen LogP contribution in [0, 0.1) is 13.8 Å². The molecule has 1 aromatic carbocycles. The molecule has 5 nitrogen and oxygen atoms in total. The number of hydrogen-bond donors (Lipinski definition) is 1. The van der Waals surface area contributed by atoms with Gasteiger partial charge >= 0.3 is 0 Å². The van der Waals surface area contributed by atoms with Crippen LogP contribution in [0.15, 0.2) is 39.9 Å². The topological polar surface area (TPSA) is 63.8 Å². The number of thioether (sulfide) groups is 1. The molecule has 8 heteroatoms. The number of amides is 1.